The summed E-state index contributed by atoms with van der Waals surface area (Å²) in [6.07, 6.45) is 0. The predicted molar refractivity (Wildman–Crippen MR) is 76.5 cm³/mol. The lowest BCUT2D eigenvalue weighted by molar-refractivity contribution is 0.374. The molecule has 0 saturated carbocycles. The van der Waals surface area contributed by atoms with Gasteiger partial charge in [0, 0.05) is 11.5 Å². The van der Waals surface area contributed by atoms with Gasteiger partial charge in [-0.25, -0.2) is 4.98 Å². The van der Waals surface area contributed by atoms with Gasteiger partial charge in [0.05, 0.1) is 12.6 Å². The second kappa shape index (κ2) is 5.09. The van der Waals surface area contributed by atoms with Crippen molar-refractivity contribution in [3.05, 3.63) is 54.6 Å². The minimum atomic E-state index is 0.220. The molecule has 0 bridgehead atoms. The van der Waals surface area contributed by atoms with E-state index in [1.165, 1.54) is 0 Å². The van der Waals surface area contributed by atoms with Gasteiger partial charge in [0.2, 0.25) is 5.88 Å². The first-order valence-electron chi connectivity index (χ1n) is 6.17. The van der Waals surface area contributed by atoms with Gasteiger partial charge in [-0.2, -0.15) is 0 Å². The van der Waals surface area contributed by atoms with Crippen LogP contribution in [0.5, 0.6) is 23.1 Å². The van der Waals surface area contributed by atoms with Crippen LogP contribution in [0.15, 0.2) is 54.6 Å². The van der Waals surface area contributed by atoms with Gasteiger partial charge in [0.15, 0.2) is 11.5 Å². The average molecular weight is 267 g/mol. The molecule has 3 rings (SSSR count). The molecule has 0 unspecified atom stereocenters. The van der Waals surface area contributed by atoms with Crippen LogP contribution in [0.4, 0.5) is 0 Å². The molecule has 4 heteroatoms. The minimum absolute atomic E-state index is 0.220. The van der Waals surface area contributed by atoms with E-state index in [9.17, 15) is 5.11 Å². The number of para-hydroxylation sites is 2. The smallest absolute Gasteiger partial charge is 0.219 e. The van der Waals surface area contributed by atoms with Crippen molar-refractivity contribution >= 4 is 10.9 Å². The van der Waals surface area contributed by atoms with Gasteiger partial charge >= 0.3 is 0 Å². The number of aromatic hydroxyl groups is 1. The molecule has 20 heavy (non-hydrogen) atoms. The second-order valence-corrected chi connectivity index (χ2v) is 4.28. The van der Waals surface area contributed by atoms with Gasteiger partial charge in [0.25, 0.3) is 0 Å². The number of phenols is 1. The van der Waals surface area contributed by atoms with E-state index in [2.05, 4.69) is 4.98 Å². The lowest BCUT2D eigenvalue weighted by Gasteiger charge is -2.09. The zero-order chi connectivity index (χ0) is 13.9. The largest absolute Gasteiger partial charge is 0.508 e. The van der Waals surface area contributed by atoms with Crippen LogP contribution in [-0.2, 0) is 0 Å². The lowest BCUT2D eigenvalue weighted by atomic mass is 10.2. The molecule has 2 aromatic carbocycles. The first kappa shape index (κ1) is 12.3. The molecule has 1 heterocycles. The molecule has 1 N–H and O–H groups in total. The first-order chi connectivity index (χ1) is 9.76. The van der Waals surface area contributed by atoms with Crippen molar-refractivity contribution in [3.63, 3.8) is 0 Å². The Hall–Kier alpha value is -2.75. The number of pyridine rings is 1. The number of phenolic OH excluding ortho intramolecular Hbond substituents is 1. The van der Waals surface area contributed by atoms with Gasteiger partial charge in [-0.3, -0.25) is 0 Å². The number of ether oxygens (including phenoxy) is 2. The van der Waals surface area contributed by atoms with Crippen LogP contribution in [0.2, 0.25) is 0 Å². The van der Waals surface area contributed by atoms with Gasteiger partial charge in [-0.1, -0.05) is 12.1 Å². The van der Waals surface area contributed by atoms with Crippen LogP contribution in [0.3, 0.4) is 0 Å². The Kier molecular flexibility index (Phi) is 3.13. The van der Waals surface area contributed by atoms with Crippen molar-refractivity contribution < 1.29 is 14.6 Å². The van der Waals surface area contributed by atoms with Gasteiger partial charge in [-0.05, 0) is 36.4 Å². The fourth-order valence-corrected chi connectivity index (χ4v) is 1.97. The Morgan fingerprint density at radius 2 is 1.75 bits per heavy atom. The molecule has 0 aliphatic rings. The van der Waals surface area contributed by atoms with Crippen molar-refractivity contribution in [2.24, 2.45) is 0 Å². The van der Waals surface area contributed by atoms with Crippen molar-refractivity contribution in [2.75, 3.05) is 7.11 Å². The second-order valence-electron chi connectivity index (χ2n) is 4.28. The molecule has 0 atom stereocenters. The van der Waals surface area contributed by atoms with Crippen LogP contribution in [0.25, 0.3) is 10.9 Å². The van der Waals surface area contributed by atoms with Crippen LogP contribution in [0.1, 0.15) is 0 Å². The fourth-order valence-electron chi connectivity index (χ4n) is 1.97. The van der Waals surface area contributed by atoms with E-state index in [1.54, 1.807) is 31.4 Å². The highest BCUT2D eigenvalue weighted by Crippen LogP contribution is 2.31. The summed E-state index contributed by atoms with van der Waals surface area (Å²) >= 11 is 0. The summed E-state index contributed by atoms with van der Waals surface area (Å²) < 4.78 is 11.0. The summed E-state index contributed by atoms with van der Waals surface area (Å²) in [5.41, 5.74) is 0.759. The van der Waals surface area contributed by atoms with Crippen molar-refractivity contribution in [1.29, 1.82) is 0 Å². The van der Waals surface area contributed by atoms with Gasteiger partial charge < -0.3 is 14.6 Å². The van der Waals surface area contributed by atoms with E-state index in [4.69, 9.17) is 9.47 Å². The zero-order valence-electron chi connectivity index (χ0n) is 10.9. The van der Waals surface area contributed by atoms with Crippen molar-refractivity contribution in [1.82, 2.24) is 4.98 Å². The Bertz CT molecular complexity index is 756. The SMILES string of the molecule is COc1ccccc1Oc1ccc2cc(O)ccc2n1. The average Bonchev–Trinajstić information content (AvgIpc) is 2.48. The molecule has 0 aliphatic heterocycles. The molecule has 0 fully saturated rings. The Morgan fingerprint density at radius 1 is 0.950 bits per heavy atom. The molecule has 100 valence electrons. The maximum atomic E-state index is 9.43. The normalized spacial score (nSPS) is 10.4. The standard InChI is InChI=1S/C16H13NO3/c1-19-14-4-2-3-5-15(14)20-16-9-6-11-10-12(18)7-8-13(11)17-16/h2-10,18H,1H3. The fraction of sp³-hybridized carbons (Fsp3) is 0.0625. The van der Waals surface area contributed by atoms with Crippen LogP contribution in [0, 0.1) is 0 Å². The number of methoxy groups -OCH3 is 1. The lowest BCUT2D eigenvalue weighted by Crippen LogP contribution is -1.92. The summed E-state index contributed by atoms with van der Waals surface area (Å²) in [7, 11) is 1.60. The Labute approximate surface area is 116 Å². The zero-order valence-corrected chi connectivity index (χ0v) is 10.9. The number of nitrogens with zero attached hydrogens (tertiary/aromatic N) is 1. The van der Waals surface area contributed by atoms with Crippen LogP contribution >= 0.6 is 0 Å². The van der Waals surface area contributed by atoms with E-state index >= 15 is 0 Å². The van der Waals surface area contributed by atoms with E-state index in [0.29, 0.717) is 17.4 Å². The number of aromatic nitrogens is 1. The van der Waals surface area contributed by atoms with Crippen LogP contribution < -0.4 is 9.47 Å². The third-order valence-corrected chi connectivity index (χ3v) is 2.93. The van der Waals surface area contributed by atoms with Crippen LogP contribution in [-0.4, -0.2) is 17.2 Å². The molecular weight excluding hydrogens is 254 g/mol. The number of rotatable bonds is 3. The summed E-state index contributed by atoms with van der Waals surface area (Å²) in [4.78, 5) is 4.40. The summed E-state index contributed by atoms with van der Waals surface area (Å²) in [6, 6.07) is 16.0. The maximum absolute atomic E-state index is 9.43. The Balaban J connectivity index is 1.96. The third kappa shape index (κ3) is 2.36. The number of hydrogen-bond donors (Lipinski definition) is 1. The quantitative estimate of drug-likeness (QED) is 0.785. The van der Waals surface area contributed by atoms with Crippen molar-refractivity contribution in [3.8, 4) is 23.1 Å². The topological polar surface area (TPSA) is 51.6 Å². The Morgan fingerprint density at radius 3 is 2.55 bits per heavy atom. The molecule has 3 aromatic rings. The highest BCUT2D eigenvalue weighted by Gasteiger charge is 2.06. The highest BCUT2D eigenvalue weighted by atomic mass is 16.5. The predicted octanol–water partition coefficient (Wildman–Crippen LogP) is 3.74. The molecule has 0 saturated heterocycles. The number of benzene rings is 2. The summed E-state index contributed by atoms with van der Waals surface area (Å²) in [6.45, 7) is 0. The monoisotopic (exact) mass is 267 g/mol. The van der Waals surface area contributed by atoms with E-state index in [0.717, 1.165) is 10.9 Å². The van der Waals surface area contributed by atoms with E-state index in [1.807, 2.05) is 30.3 Å². The molecule has 0 amide bonds. The van der Waals surface area contributed by atoms with Crippen molar-refractivity contribution in [2.45, 2.75) is 0 Å². The van der Waals surface area contributed by atoms with E-state index < -0.39 is 0 Å². The van der Waals surface area contributed by atoms with E-state index in [-0.39, 0.29) is 5.75 Å². The molecule has 0 spiro atoms. The first-order valence-corrected chi connectivity index (χ1v) is 6.17. The highest BCUT2D eigenvalue weighted by molar-refractivity contribution is 5.80. The number of hydrogen-bond acceptors (Lipinski definition) is 4. The third-order valence-electron chi connectivity index (χ3n) is 2.93. The summed E-state index contributed by atoms with van der Waals surface area (Å²) in [5.74, 6) is 1.96. The molecular formula is C16H13NO3. The molecule has 0 aliphatic carbocycles. The van der Waals surface area contributed by atoms with Gasteiger partial charge in [0.1, 0.15) is 5.75 Å². The van der Waals surface area contributed by atoms with Gasteiger partial charge in [-0.15, -0.1) is 0 Å². The maximum Gasteiger partial charge on any atom is 0.219 e. The molecule has 0 radical (unpaired) electrons. The minimum Gasteiger partial charge on any atom is -0.508 e. The summed E-state index contributed by atoms with van der Waals surface area (Å²) in [5, 5.41) is 10.3. The number of fused-ring (bicyclic) bond motifs is 1. The molecule has 4 nitrogen and oxygen atoms in total. The molecule has 1 aromatic heterocycles.